The molecule has 7 heteroatoms. The van der Waals surface area contributed by atoms with E-state index in [-0.39, 0.29) is 0 Å². The van der Waals surface area contributed by atoms with Crippen LogP contribution in [0.2, 0.25) is 0 Å². The Bertz CT molecular complexity index is 541. The van der Waals surface area contributed by atoms with E-state index in [0.29, 0.717) is 24.3 Å². The monoisotopic (exact) mass is 274 g/mol. The summed E-state index contributed by atoms with van der Waals surface area (Å²) in [6.45, 7) is 0. The number of halogens is 4. The third kappa shape index (κ3) is 2.54. The molecule has 0 unspecified atom stereocenters. The van der Waals surface area contributed by atoms with Gasteiger partial charge in [0, 0.05) is 24.3 Å². The average molecular weight is 274 g/mol. The predicted molar refractivity (Wildman–Crippen MR) is 56.1 cm³/mol. The SMILES string of the molecule is Oc1c(F)cc(Oc2cc(F)c(O)c(F)c2)cc1F. The quantitative estimate of drug-likeness (QED) is 0.825. The summed E-state index contributed by atoms with van der Waals surface area (Å²) in [5, 5.41) is 17.7. The molecule has 0 saturated carbocycles. The number of ether oxygens (including phenoxy) is 1. The minimum absolute atomic E-state index is 0.405. The Kier molecular flexibility index (Phi) is 3.20. The molecule has 2 rings (SSSR count). The van der Waals surface area contributed by atoms with Gasteiger partial charge in [0.15, 0.2) is 34.8 Å². The molecule has 2 aromatic carbocycles. The summed E-state index contributed by atoms with van der Waals surface area (Å²) in [4.78, 5) is 0. The normalized spacial score (nSPS) is 10.5. The molecule has 2 N–H and O–H groups in total. The van der Waals surface area contributed by atoms with Crippen LogP contribution in [-0.2, 0) is 0 Å². The molecule has 0 aliphatic heterocycles. The van der Waals surface area contributed by atoms with E-state index in [9.17, 15) is 17.6 Å². The van der Waals surface area contributed by atoms with E-state index in [1.54, 1.807) is 0 Å². The summed E-state index contributed by atoms with van der Waals surface area (Å²) >= 11 is 0. The molecule has 0 heterocycles. The maximum Gasteiger partial charge on any atom is 0.188 e. The fraction of sp³-hybridized carbons (Fsp3) is 0. The summed E-state index contributed by atoms with van der Waals surface area (Å²) in [7, 11) is 0. The fourth-order valence-corrected chi connectivity index (χ4v) is 1.34. The summed E-state index contributed by atoms with van der Waals surface area (Å²) < 4.78 is 56.9. The number of phenols is 2. The number of rotatable bonds is 2. The van der Waals surface area contributed by atoms with Crippen LogP contribution >= 0.6 is 0 Å². The van der Waals surface area contributed by atoms with E-state index < -0.39 is 46.3 Å². The van der Waals surface area contributed by atoms with Crippen molar-refractivity contribution >= 4 is 0 Å². The Morgan fingerprint density at radius 1 is 0.632 bits per heavy atom. The lowest BCUT2D eigenvalue weighted by Gasteiger charge is -2.08. The standard InChI is InChI=1S/C12H6F4O3/c13-7-1-5(2-8(14)11(7)17)19-6-3-9(15)12(18)10(16)4-6/h1-4,17-18H. The van der Waals surface area contributed by atoms with E-state index in [0.717, 1.165) is 0 Å². The first-order valence-corrected chi connectivity index (χ1v) is 4.92. The predicted octanol–water partition coefficient (Wildman–Crippen LogP) is 3.45. The second kappa shape index (κ2) is 4.68. The van der Waals surface area contributed by atoms with Crippen LogP contribution in [0.25, 0.3) is 0 Å². The molecular weight excluding hydrogens is 268 g/mol. The molecule has 0 fully saturated rings. The van der Waals surface area contributed by atoms with Crippen LogP contribution < -0.4 is 4.74 Å². The van der Waals surface area contributed by atoms with Crippen LogP contribution in [0.3, 0.4) is 0 Å². The zero-order valence-corrected chi connectivity index (χ0v) is 9.12. The van der Waals surface area contributed by atoms with Crippen molar-refractivity contribution in [1.29, 1.82) is 0 Å². The molecule has 0 aromatic heterocycles. The highest BCUT2D eigenvalue weighted by Crippen LogP contribution is 2.31. The first kappa shape index (κ1) is 13.0. The van der Waals surface area contributed by atoms with Crippen molar-refractivity contribution in [1.82, 2.24) is 0 Å². The number of benzene rings is 2. The van der Waals surface area contributed by atoms with Crippen molar-refractivity contribution in [3.8, 4) is 23.0 Å². The Morgan fingerprint density at radius 3 is 1.16 bits per heavy atom. The molecule has 19 heavy (non-hydrogen) atoms. The van der Waals surface area contributed by atoms with Gasteiger partial charge >= 0.3 is 0 Å². The smallest absolute Gasteiger partial charge is 0.188 e. The van der Waals surface area contributed by atoms with Gasteiger partial charge in [-0.3, -0.25) is 0 Å². The van der Waals surface area contributed by atoms with Crippen LogP contribution in [-0.4, -0.2) is 10.2 Å². The van der Waals surface area contributed by atoms with Crippen molar-refractivity contribution in [2.75, 3.05) is 0 Å². The Balaban J connectivity index is 2.36. The Hall–Kier alpha value is -2.44. The summed E-state index contributed by atoms with van der Waals surface area (Å²) in [6, 6.07) is 2.56. The van der Waals surface area contributed by atoms with E-state index in [2.05, 4.69) is 0 Å². The molecule has 2 aromatic rings. The zero-order valence-electron chi connectivity index (χ0n) is 9.12. The van der Waals surface area contributed by atoms with Gasteiger partial charge in [0.25, 0.3) is 0 Å². The zero-order chi connectivity index (χ0) is 14.2. The summed E-state index contributed by atoms with van der Waals surface area (Å²) in [5.74, 6) is -8.31. The molecule has 0 saturated heterocycles. The maximum atomic E-state index is 13.0. The number of hydrogen-bond acceptors (Lipinski definition) is 3. The molecule has 3 nitrogen and oxygen atoms in total. The highest BCUT2D eigenvalue weighted by molar-refractivity contribution is 5.39. The van der Waals surface area contributed by atoms with Gasteiger partial charge in [0.2, 0.25) is 0 Å². The van der Waals surface area contributed by atoms with Gasteiger partial charge in [-0.1, -0.05) is 0 Å². The molecular formula is C12H6F4O3. The number of aromatic hydroxyl groups is 2. The van der Waals surface area contributed by atoms with Crippen LogP contribution in [0.4, 0.5) is 17.6 Å². The summed E-state index contributed by atoms with van der Waals surface area (Å²) in [6.07, 6.45) is 0. The van der Waals surface area contributed by atoms with Crippen LogP contribution in [0.1, 0.15) is 0 Å². The molecule has 0 aliphatic rings. The molecule has 0 atom stereocenters. The molecule has 100 valence electrons. The van der Waals surface area contributed by atoms with E-state index in [1.165, 1.54) is 0 Å². The maximum absolute atomic E-state index is 13.0. The second-order valence-electron chi connectivity index (χ2n) is 3.57. The van der Waals surface area contributed by atoms with Gasteiger partial charge in [-0.2, -0.15) is 0 Å². The molecule has 0 aliphatic carbocycles. The van der Waals surface area contributed by atoms with Gasteiger partial charge in [0.1, 0.15) is 11.5 Å². The van der Waals surface area contributed by atoms with E-state index in [4.69, 9.17) is 14.9 Å². The van der Waals surface area contributed by atoms with Gasteiger partial charge in [-0.25, -0.2) is 17.6 Å². The lowest BCUT2D eigenvalue weighted by atomic mass is 10.2. The Labute approximate surface area is 104 Å². The molecule has 0 amide bonds. The molecule has 0 bridgehead atoms. The van der Waals surface area contributed by atoms with Crippen molar-refractivity contribution in [2.45, 2.75) is 0 Å². The molecule has 0 spiro atoms. The van der Waals surface area contributed by atoms with Gasteiger partial charge in [-0.05, 0) is 0 Å². The van der Waals surface area contributed by atoms with Crippen molar-refractivity contribution < 1.29 is 32.5 Å². The third-order valence-corrected chi connectivity index (χ3v) is 2.22. The van der Waals surface area contributed by atoms with Crippen LogP contribution in [0, 0.1) is 23.3 Å². The first-order valence-electron chi connectivity index (χ1n) is 4.92. The first-order chi connectivity index (χ1) is 8.88. The van der Waals surface area contributed by atoms with Crippen LogP contribution in [0.5, 0.6) is 23.0 Å². The van der Waals surface area contributed by atoms with E-state index >= 15 is 0 Å². The highest BCUT2D eigenvalue weighted by atomic mass is 19.1. The van der Waals surface area contributed by atoms with Gasteiger partial charge in [-0.15, -0.1) is 0 Å². The lowest BCUT2D eigenvalue weighted by Crippen LogP contribution is -1.91. The van der Waals surface area contributed by atoms with Crippen molar-refractivity contribution in [2.24, 2.45) is 0 Å². The van der Waals surface area contributed by atoms with Gasteiger partial charge in [0.05, 0.1) is 0 Å². The minimum atomic E-state index is -1.28. The van der Waals surface area contributed by atoms with Gasteiger partial charge < -0.3 is 14.9 Å². The average Bonchev–Trinajstić information content (AvgIpc) is 2.33. The number of phenolic OH excluding ortho intramolecular Hbond substituents is 2. The van der Waals surface area contributed by atoms with Crippen molar-refractivity contribution in [3.05, 3.63) is 47.5 Å². The summed E-state index contributed by atoms with van der Waals surface area (Å²) in [5.41, 5.74) is 0. The van der Waals surface area contributed by atoms with E-state index in [1.807, 2.05) is 0 Å². The topological polar surface area (TPSA) is 49.7 Å². The second-order valence-corrected chi connectivity index (χ2v) is 3.57. The third-order valence-electron chi connectivity index (χ3n) is 2.22. The minimum Gasteiger partial charge on any atom is -0.503 e. The Morgan fingerprint density at radius 2 is 0.895 bits per heavy atom. The largest absolute Gasteiger partial charge is 0.503 e. The van der Waals surface area contributed by atoms with Crippen molar-refractivity contribution in [3.63, 3.8) is 0 Å². The van der Waals surface area contributed by atoms with Crippen LogP contribution in [0.15, 0.2) is 24.3 Å². The lowest BCUT2D eigenvalue weighted by molar-refractivity contribution is 0.380. The highest BCUT2D eigenvalue weighted by Gasteiger charge is 2.14. The fourth-order valence-electron chi connectivity index (χ4n) is 1.34. The number of hydrogen-bond donors (Lipinski definition) is 2. The molecule has 0 radical (unpaired) electrons.